The highest BCUT2D eigenvalue weighted by molar-refractivity contribution is 7.97. The Labute approximate surface area is 145 Å². The third kappa shape index (κ3) is 5.25. The van der Waals surface area contributed by atoms with E-state index in [2.05, 4.69) is 34.0 Å². The lowest BCUT2D eigenvalue weighted by Crippen LogP contribution is -2.36. The minimum absolute atomic E-state index is 0.187. The molecule has 0 aliphatic rings. The lowest BCUT2D eigenvalue weighted by molar-refractivity contribution is 0.625. The van der Waals surface area contributed by atoms with E-state index in [4.69, 9.17) is 0 Å². The van der Waals surface area contributed by atoms with Crippen LogP contribution < -0.4 is 10.6 Å². The zero-order valence-corrected chi connectivity index (χ0v) is 15.3. The van der Waals surface area contributed by atoms with Crippen molar-refractivity contribution in [1.29, 1.82) is 0 Å². The SMILES string of the molecule is CN=C(NCc1ccc(F)cc1CSC)NCc1sccc1C. The Balaban J connectivity index is 1.94. The van der Waals surface area contributed by atoms with Crippen molar-refractivity contribution >= 4 is 29.1 Å². The second-order valence-corrected chi connectivity index (χ2v) is 7.02. The molecule has 6 heteroatoms. The molecular formula is C17H22FN3S2. The molecule has 0 aliphatic heterocycles. The van der Waals surface area contributed by atoms with E-state index in [1.807, 2.05) is 12.3 Å². The van der Waals surface area contributed by atoms with E-state index in [1.54, 1.807) is 36.2 Å². The summed E-state index contributed by atoms with van der Waals surface area (Å²) >= 11 is 3.43. The number of hydrogen-bond donors (Lipinski definition) is 2. The van der Waals surface area contributed by atoms with Crippen LogP contribution in [0.4, 0.5) is 4.39 Å². The molecule has 0 unspecified atom stereocenters. The minimum atomic E-state index is -0.187. The van der Waals surface area contributed by atoms with E-state index in [0.29, 0.717) is 6.54 Å². The third-order valence-electron chi connectivity index (χ3n) is 3.52. The first-order valence-corrected chi connectivity index (χ1v) is 9.65. The van der Waals surface area contributed by atoms with Gasteiger partial charge in [-0.05, 0) is 53.4 Å². The van der Waals surface area contributed by atoms with Gasteiger partial charge in [0.15, 0.2) is 5.96 Å². The number of thioether (sulfide) groups is 1. The first kappa shape index (κ1) is 17.8. The number of hydrogen-bond acceptors (Lipinski definition) is 3. The van der Waals surface area contributed by atoms with Crippen LogP contribution in [0.15, 0.2) is 34.6 Å². The van der Waals surface area contributed by atoms with Gasteiger partial charge in [0.1, 0.15) is 5.82 Å². The fourth-order valence-corrected chi connectivity index (χ4v) is 3.63. The van der Waals surface area contributed by atoms with E-state index in [1.165, 1.54) is 16.5 Å². The second-order valence-electron chi connectivity index (χ2n) is 5.15. The predicted octanol–water partition coefficient (Wildman–Crippen LogP) is 3.92. The molecule has 3 nitrogen and oxygen atoms in total. The van der Waals surface area contributed by atoms with Gasteiger partial charge in [-0.3, -0.25) is 4.99 Å². The number of guanidine groups is 1. The number of nitrogens with zero attached hydrogens (tertiary/aromatic N) is 1. The minimum Gasteiger partial charge on any atom is -0.352 e. The van der Waals surface area contributed by atoms with Crippen LogP contribution in [0.1, 0.15) is 21.6 Å². The van der Waals surface area contributed by atoms with Gasteiger partial charge in [0, 0.05) is 24.2 Å². The maximum Gasteiger partial charge on any atom is 0.191 e. The summed E-state index contributed by atoms with van der Waals surface area (Å²) in [5.41, 5.74) is 3.41. The van der Waals surface area contributed by atoms with E-state index in [-0.39, 0.29) is 5.82 Å². The van der Waals surface area contributed by atoms with Crippen molar-refractivity contribution in [2.45, 2.75) is 25.8 Å². The van der Waals surface area contributed by atoms with Gasteiger partial charge in [0.25, 0.3) is 0 Å². The zero-order valence-electron chi connectivity index (χ0n) is 13.6. The summed E-state index contributed by atoms with van der Waals surface area (Å²) in [4.78, 5) is 5.55. The molecule has 124 valence electrons. The monoisotopic (exact) mass is 351 g/mol. The molecule has 0 fully saturated rings. The van der Waals surface area contributed by atoms with E-state index in [9.17, 15) is 4.39 Å². The van der Waals surface area contributed by atoms with Crippen molar-refractivity contribution in [2.75, 3.05) is 13.3 Å². The van der Waals surface area contributed by atoms with Gasteiger partial charge >= 0.3 is 0 Å². The maximum atomic E-state index is 13.4. The maximum absolute atomic E-state index is 13.4. The van der Waals surface area contributed by atoms with Gasteiger partial charge in [0.2, 0.25) is 0 Å². The van der Waals surface area contributed by atoms with Crippen LogP contribution in [0, 0.1) is 12.7 Å². The van der Waals surface area contributed by atoms with E-state index < -0.39 is 0 Å². The summed E-state index contributed by atoms with van der Waals surface area (Å²) in [6, 6.07) is 7.07. The highest BCUT2D eigenvalue weighted by Crippen LogP contribution is 2.17. The summed E-state index contributed by atoms with van der Waals surface area (Å²) in [7, 11) is 1.75. The fraction of sp³-hybridized carbons (Fsp3) is 0.353. The summed E-state index contributed by atoms with van der Waals surface area (Å²) in [6.45, 7) is 3.49. The molecule has 0 bridgehead atoms. The fourth-order valence-electron chi connectivity index (χ4n) is 2.21. The quantitative estimate of drug-likeness (QED) is 0.612. The van der Waals surface area contributed by atoms with Crippen molar-refractivity contribution in [3.8, 4) is 0 Å². The second kappa shape index (κ2) is 8.93. The summed E-state index contributed by atoms with van der Waals surface area (Å²) in [5, 5.41) is 8.71. The van der Waals surface area contributed by atoms with Crippen LogP contribution in [0.25, 0.3) is 0 Å². The third-order valence-corrected chi connectivity index (χ3v) is 5.15. The van der Waals surface area contributed by atoms with Crippen molar-refractivity contribution < 1.29 is 4.39 Å². The first-order valence-electron chi connectivity index (χ1n) is 7.37. The van der Waals surface area contributed by atoms with Crippen molar-refractivity contribution in [3.05, 3.63) is 57.0 Å². The largest absolute Gasteiger partial charge is 0.352 e. The highest BCUT2D eigenvalue weighted by Gasteiger charge is 2.06. The standard InChI is InChI=1S/C17H22FN3S2/c1-12-6-7-23-16(12)10-21-17(19-2)20-9-13-4-5-15(18)8-14(13)11-22-3/h4-8H,9-11H2,1-3H3,(H2,19,20,21). The molecule has 2 rings (SSSR count). The van der Waals surface area contributed by atoms with Crippen LogP contribution in [0.2, 0.25) is 0 Å². The molecule has 0 spiro atoms. The Morgan fingerprint density at radius 2 is 2.00 bits per heavy atom. The number of aryl methyl sites for hydroxylation is 1. The number of benzene rings is 1. The van der Waals surface area contributed by atoms with Gasteiger partial charge in [0.05, 0.1) is 6.54 Å². The number of aliphatic imine (C=N–C) groups is 1. The molecule has 0 radical (unpaired) electrons. The molecule has 23 heavy (non-hydrogen) atoms. The summed E-state index contributed by atoms with van der Waals surface area (Å²) < 4.78 is 13.4. The average molecular weight is 352 g/mol. The number of nitrogens with one attached hydrogen (secondary N) is 2. The van der Waals surface area contributed by atoms with Crippen LogP contribution in [-0.4, -0.2) is 19.3 Å². The molecular weight excluding hydrogens is 329 g/mol. The number of rotatable bonds is 6. The molecule has 0 aliphatic carbocycles. The molecule has 2 aromatic rings. The van der Waals surface area contributed by atoms with Crippen LogP contribution in [0.5, 0.6) is 0 Å². The summed E-state index contributed by atoms with van der Waals surface area (Å²) in [6.07, 6.45) is 2.02. The molecule has 1 heterocycles. The molecule has 2 N–H and O–H groups in total. The van der Waals surface area contributed by atoms with E-state index in [0.717, 1.165) is 29.4 Å². The Hall–Kier alpha value is -1.53. The lowest BCUT2D eigenvalue weighted by atomic mass is 10.1. The van der Waals surface area contributed by atoms with Gasteiger partial charge in [-0.15, -0.1) is 11.3 Å². The van der Waals surface area contributed by atoms with Gasteiger partial charge in [-0.2, -0.15) is 11.8 Å². The van der Waals surface area contributed by atoms with E-state index >= 15 is 0 Å². The van der Waals surface area contributed by atoms with Crippen LogP contribution >= 0.6 is 23.1 Å². The normalized spacial score (nSPS) is 11.6. The van der Waals surface area contributed by atoms with Gasteiger partial charge in [-0.1, -0.05) is 6.07 Å². The first-order chi connectivity index (χ1) is 11.1. The highest BCUT2D eigenvalue weighted by atomic mass is 32.2. The number of thiophene rings is 1. The predicted molar refractivity (Wildman–Crippen MR) is 99.7 cm³/mol. The van der Waals surface area contributed by atoms with Crippen molar-refractivity contribution in [2.24, 2.45) is 4.99 Å². The van der Waals surface area contributed by atoms with Gasteiger partial charge < -0.3 is 10.6 Å². The molecule has 1 aromatic heterocycles. The Morgan fingerprint density at radius 1 is 1.22 bits per heavy atom. The van der Waals surface area contributed by atoms with Crippen LogP contribution in [-0.2, 0) is 18.8 Å². The Kier molecular flexibility index (Phi) is 6.92. The average Bonchev–Trinajstić information content (AvgIpc) is 2.95. The van der Waals surface area contributed by atoms with Gasteiger partial charge in [-0.25, -0.2) is 4.39 Å². The Morgan fingerprint density at radius 3 is 2.65 bits per heavy atom. The topological polar surface area (TPSA) is 36.4 Å². The molecule has 0 saturated heterocycles. The Bertz CT molecular complexity index is 668. The molecule has 0 saturated carbocycles. The smallest absolute Gasteiger partial charge is 0.191 e. The van der Waals surface area contributed by atoms with Crippen molar-refractivity contribution in [3.63, 3.8) is 0 Å². The lowest BCUT2D eigenvalue weighted by Gasteiger charge is -2.14. The van der Waals surface area contributed by atoms with Crippen molar-refractivity contribution in [1.82, 2.24) is 10.6 Å². The molecule has 1 aromatic carbocycles. The zero-order chi connectivity index (χ0) is 16.7. The number of halogens is 1. The molecule has 0 amide bonds. The van der Waals surface area contributed by atoms with Crippen LogP contribution in [0.3, 0.4) is 0 Å². The summed E-state index contributed by atoms with van der Waals surface area (Å²) in [5.74, 6) is 1.36. The molecule has 0 atom stereocenters.